The van der Waals surface area contributed by atoms with Crippen LogP contribution in [0.3, 0.4) is 0 Å². The Labute approximate surface area is 82.4 Å². The van der Waals surface area contributed by atoms with Gasteiger partial charge in [0.1, 0.15) is 5.41 Å². The summed E-state index contributed by atoms with van der Waals surface area (Å²) >= 11 is 0. The molecule has 0 fully saturated rings. The summed E-state index contributed by atoms with van der Waals surface area (Å²) in [5, 5.41) is 8.94. The summed E-state index contributed by atoms with van der Waals surface area (Å²) in [6.07, 6.45) is 7.85. The Morgan fingerprint density at radius 3 is 2.50 bits per heavy atom. The highest BCUT2D eigenvalue weighted by molar-refractivity contribution is 5.97. The number of carboxylic acid groups (broad SMARTS) is 1. The minimum absolute atomic E-state index is 0.0689. The van der Waals surface area contributed by atoms with Crippen molar-refractivity contribution in [2.45, 2.75) is 13.8 Å². The molecule has 0 aromatic rings. The summed E-state index contributed by atoms with van der Waals surface area (Å²) in [5.41, 5.74) is -0.500. The van der Waals surface area contributed by atoms with Gasteiger partial charge < -0.3 is 5.11 Å². The van der Waals surface area contributed by atoms with Crippen LogP contribution in [0.4, 0.5) is 0 Å². The Morgan fingerprint density at radius 2 is 2.00 bits per heavy atom. The van der Waals surface area contributed by atoms with Gasteiger partial charge in [0.15, 0.2) is 5.78 Å². The first-order valence-electron chi connectivity index (χ1n) is 4.29. The maximum absolute atomic E-state index is 11.0. The Bertz CT molecular complexity index is 361. The summed E-state index contributed by atoms with van der Waals surface area (Å²) in [4.78, 5) is 21.9. The molecule has 1 aliphatic rings. The van der Waals surface area contributed by atoms with Crippen LogP contribution >= 0.6 is 0 Å². The van der Waals surface area contributed by atoms with E-state index in [0.717, 1.165) is 0 Å². The molecule has 0 aromatic heterocycles. The van der Waals surface area contributed by atoms with E-state index in [2.05, 4.69) is 0 Å². The van der Waals surface area contributed by atoms with Gasteiger partial charge >= 0.3 is 5.97 Å². The highest BCUT2D eigenvalue weighted by Gasteiger charge is 2.27. The third kappa shape index (κ3) is 1.99. The molecule has 1 rings (SSSR count). The van der Waals surface area contributed by atoms with E-state index in [0.29, 0.717) is 5.57 Å². The zero-order valence-electron chi connectivity index (χ0n) is 8.15. The van der Waals surface area contributed by atoms with Gasteiger partial charge in [-0.15, -0.1) is 0 Å². The van der Waals surface area contributed by atoms with E-state index in [1.807, 2.05) is 0 Å². The third-order valence-corrected chi connectivity index (χ3v) is 2.19. The standard InChI is InChI=1S/C11H12O3/c1-8(12)9-4-3-6-11(2,7-5-9)10(13)14/h3-7H,1-2H3,(H,13,14). The molecule has 0 aromatic carbocycles. The van der Waals surface area contributed by atoms with Crippen molar-refractivity contribution < 1.29 is 14.7 Å². The number of hydrogen-bond donors (Lipinski definition) is 1. The molecular weight excluding hydrogens is 180 g/mol. The van der Waals surface area contributed by atoms with Gasteiger partial charge in [0.2, 0.25) is 0 Å². The van der Waals surface area contributed by atoms with Gasteiger partial charge in [-0.2, -0.15) is 0 Å². The molecule has 0 radical (unpaired) electrons. The zero-order chi connectivity index (χ0) is 10.8. The molecule has 0 saturated heterocycles. The fraction of sp³-hybridized carbons (Fsp3) is 0.273. The molecule has 14 heavy (non-hydrogen) atoms. The van der Waals surface area contributed by atoms with Crippen LogP contribution in [0.2, 0.25) is 0 Å². The second-order valence-electron chi connectivity index (χ2n) is 3.46. The second kappa shape index (κ2) is 3.62. The Morgan fingerprint density at radius 1 is 1.36 bits per heavy atom. The molecule has 0 spiro atoms. The SMILES string of the molecule is CC(=O)C1=CC=CC(C)(C(=O)O)C=C1. The van der Waals surface area contributed by atoms with E-state index in [1.54, 1.807) is 31.2 Å². The Balaban J connectivity index is 3.03. The number of aliphatic carboxylic acids is 1. The lowest BCUT2D eigenvalue weighted by Gasteiger charge is -2.14. The van der Waals surface area contributed by atoms with E-state index >= 15 is 0 Å². The van der Waals surface area contributed by atoms with Crippen LogP contribution in [0.15, 0.2) is 36.0 Å². The van der Waals surface area contributed by atoms with E-state index in [4.69, 9.17) is 5.11 Å². The first kappa shape index (κ1) is 10.4. The molecular formula is C11H12O3. The molecule has 0 heterocycles. The van der Waals surface area contributed by atoms with Crippen LogP contribution in [0.1, 0.15) is 13.8 Å². The summed E-state index contributed by atoms with van der Waals surface area (Å²) in [7, 11) is 0. The number of carbonyl (C=O) groups excluding carboxylic acids is 1. The van der Waals surface area contributed by atoms with Gasteiger partial charge in [-0.3, -0.25) is 9.59 Å². The first-order chi connectivity index (χ1) is 6.46. The number of ketones is 1. The van der Waals surface area contributed by atoms with Crippen molar-refractivity contribution in [3.05, 3.63) is 36.0 Å². The van der Waals surface area contributed by atoms with Crippen molar-refractivity contribution >= 4 is 11.8 Å². The highest BCUT2D eigenvalue weighted by atomic mass is 16.4. The van der Waals surface area contributed by atoms with Crippen molar-refractivity contribution in [1.29, 1.82) is 0 Å². The minimum atomic E-state index is -1.02. The number of carboxylic acids is 1. The molecule has 0 aliphatic heterocycles. The molecule has 74 valence electrons. The maximum atomic E-state index is 11.0. The van der Waals surface area contributed by atoms with E-state index in [1.165, 1.54) is 13.0 Å². The average molecular weight is 192 g/mol. The fourth-order valence-corrected chi connectivity index (χ4v) is 1.10. The summed E-state index contributed by atoms with van der Waals surface area (Å²) < 4.78 is 0. The largest absolute Gasteiger partial charge is 0.480 e. The third-order valence-electron chi connectivity index (χ3n) is 2.19. The molecule has 1 unspecified atom stereocenters. The maximum Gasteiger partial charge on any atom is 0.317 e. The lowest BCUT2D eigenvalue weighted by Crippen LogP contribution is -2.22. The molecule has 0 amide bonds. The monoisotopic (exact) mass is 192 g/mol. The van der Waals surface area contributed by atoms with Crippen LogP contribution < -0.4 is 0 Å². The fourth-order valence-electron chi connectivity index (χ4n) is 1.10. The molecule has 1 aliphatic carbocycles. The van der Waals surface area contributed by atoms with Crippen molar-refractivity contribution in [3.8, 4) is 0 Å². The molecule has 0 saturated carbocycles. The molecule has 1 atom stereocenters. The van der Waals surface area contributed by atoms with Gasteiger partial charge in [0.25, 0.3) is 0 Å². The number of rotatable bonds is 2. The molecule has 0 bridgehead atoms. The van der Waals surface area contributed by atoms with Crippen LogP contribution in [-0.2, 0) is 9.59 Å². The Kier molecular flexibility index (Phi) is 2.70. The summed E-state index contributed by atoms with van der Waals surface area (Å²) in [6.45, 7) is 3.03. The summed E-state index contributed by atoms with van der Waals surface area (Å²) in [6, 6.07) is 0. The van der Waals surface area contributed by atoms with Crippen LogP contribution in [0, 0.1) is 5.41 Å². The van der Waals surface area contributed by atoms with Crippen molar-refractivity contribution in [2.75, 3.05) is 0 Å². The van der Waals surface area contributed by atoms with Crippen LogP contribution in [-0.4, -0.2) is 16.9 Å². The minimum Gasteiger partial charge on any atom is -0.480 e. The van der Waals surface area contributed by atoms with Gasteiger partial charge in [0.05, 0.1) is 0 Å². The highest BCUT2D eigenvalue weighted by Crippen LogP contribution is 2.24. The van der Waals surface area contributed by atoms with Crippen LogP contribution in [0.5, 0.6) is 0 Å². The van der Waals surface area contributed by atoms with E-state index in [9.17, 15) is 9.59 Å². The van der Waals surface area contributed by atoms with Crippen molar-refractivity contribution in [1.82, 2.24) is 0 Å². The topological polar surface area (TPSA) is 54.4 Å². The Hall–Kier alpha value is -1.64. The predicted molar refractivity (Wildman–Crippen MR) is 52.8 cm³/mol. The normalized spacial score (nSPS) is 25.4. The van der Waals surface area contributed by atoms with Crippen molar-refractivity contribution in [3.63, 3.8) is 0 Å². The smallest absolute Gasteiger partial charge is 0.317 e. The number of carbonyl (C=O) groups is 2. The van der Waals surface area contributed by atoms with Gasteiger partial charge in [-0.1, -0.05) is 30.4 Å². The average Bonchev–Trinajstić information content (AvgIpc) is 2.28. The predicted octanol–water partition coefficient (Wildman–Crippen LogP) is 1.72. The van der Waals surface area contributed by atoms with E-state index < -0.39 is 11.4 Å². The lowest BCUT2D eigenvalue weighted by molar-refractivity contribution is -0.142. The van der Waals surface area contributed by atoms with Crippen molar-refractivity contribution in [2.24, 2.45) is 5.41 Å². The molecule has 1 N–H and O–H groups in total. The summed E-state index contributed by atoms with van der Waals surface area (Å²) in [5.74, 6) is -0.997. The van der Waals surface area contributed by atoms with E-state index in [-0.39, 0.29) is 5.78 Å². The van der Waals surface area contributed by atoms with Gasteiger partial charge in [-0.25, -0.2) is 0 Å². The lowest BCUT2D eigenvalue weighted by atomic mass is 9.90. The molecule has 3 heteroatoms. The molecule has 3 nitrogen and oxygen atoms in total. The van der Waals surface area contributed by atoms with Crippen LogP contribution in [0.25, 0.3) is 0 Å². The van der Waals surface area contributed by atoms with Gasteiger partial charge in [-0.05, 0) is 13.8 Å². The zero-order valence-corrected chi connectivity index (χ0v) is 8.15. The second-order valence-corrected chi connectivity index (χ2v) is 3.46. The number of allylic oxidation sites excluding steroid dienone is 4. The quantitative estimate of drug-likeness (QED) is 0.724. The number of hydrogen-bond acceptors (Lipinski definition) is 2. The number of Topliss-reactive ketones (excluding diaryl/α,β-unsaturated/α-hetero) is 1. The van der Waals surface area contributed by atoms with Gasteiger partial charge in [0, 0.05) is 5.57 Å². The first-order valence-corrected chi connectivity index (χ1v) is 4.29.